The summed E-state index contributed by atoms with van der Waals surface area (Å²) in [7, 11) is 0. The second kappa shape index (κ2) is 5.72. The molecule has 0 saturated carbocycles. The lowest BCUT2D eigenvalue weighted by atomic mass is 9.85. The van der Waals surface area contributed by atoms with Crippen LogP contribution in [0.5, 0.6) is 11.5 Å². The molecule has 8 heteroatoms. The third-order valence-electron chi connectivity index (χ3n) is 5.32. The molecule has 3 aliphatic rings. The number of nitrogens with zero attached hydrogens (tertiary/aromatic N) is 3. The van der Waals surface area contributed by atoms with Crippen LogP contribution in [0.25, 0.3) is 11.6 Å². The third-order valence-corrected chi connectivity index (χ3v) is 5.32. The van der Waals surface area contributed by atoms with Crippen LogP contribution >= 0.6 is 0 Å². The zero-order valence-electron chi connectivity index (χ0n) is 14.8. The number of rotatable bonds is 2. The average Bonchev–Trinajstić information content (AvgIpc) is 3.45. The van der Waals surface area contributed by atoms with Gasteiger partial charge in [0.25, 0.3) is 0 Å². The van der Waals surface area contributed by atoms with Crippen molar-refractivity contribution < 1.29 is 18.7 Å². The Hall–Kier alpha value is -3.55. The number of carbonyl (C=O) groups is 1. The minimum Gasteiger partial charge on any atom is -0.461 e. The van der Waals surface area contributed by atoms with Crippen LogP contribution in [-0.2, 0) is 4.79 Å². The number of fused-ring (bicyclic) bond motifs is 2. The molecule has 8 nitrogen and oxygen atoms in total. The largest absolute Gasteiger partial charge is 0.461 e. The number of nitrogens with one attached hydrogen (secondary N) is 1. The lowest BCUT2D eigenvalue weighted by Crippen LogP contribution is -2.31. The zero-order chi connectivity index (χ0) is 18.7. The number of Topliss-reactive ketones (excluding diaryl/α,β-unsaturated/α-hetero) is 1. The molecule has 2 aliphatic heterocycles. The number of ether oxygens (including phenoxy) is 2. The fourth-order valence-electron chi connectivity index (χ4n) is 4.06. The predicted molar refractivity (Wildman–Crippen MR) is 97.9 cm³/mol. The van der Waals surface area contributed by atoms with Gasteiger partial charge in [0, 0.05) is 17.7 Å². The summed E-state index contributed by atoms with van der Waals surface area (Å²) >= 11 is 0. The molecule has 0 bridgehead atoms. The van der Waals surface area contributed by atoms with Crippen molar-refractivity contribution in [3.63, 3.8) is 0 Å². The highest BCUT2D eigenvalue weighted by molar-refractivity contribution is 5.99. The number of ketones is 1. The van der Waals surface area contributed by atoms with E-state index in [0.717, 1.165) is 29.7 Å². The van der Waals surface area contributed by atoms with Crippen molar-refractivity contribution in [2.75, 3.05) is 12.1 Å². The van der Waals surface area contributed by atoms with Gasteiger partial charge >= 0.3 is 0 Å². The SMILES string of the molecule is O=C1CCCC2=C1C(c1ccc3c(c1)OCO3)n1nc(-c3ccco3)nc1N2. The Morgan fingerprint density at radius 2 is 2.07 bits per heavy atom. The number of benzene rings is 1. The maximum atomic E-state index is 12.9. The minimum absolute atomic E-state index is 0.136. The highest BCUT2D eigenvalue weighted by atomic mass is 16.7. The number of aromatic nitrogens is 3. The van der Waals surface area contributed by atoms with E-state index in [2.05, 4.69) is 15.4 Å². The molecule has 1 aliphatic carbocycles. The summed E-state index contributed by atoms with van der Waals surface area (Å²) in [5.74, 6) is 3.17. The third kappa shape index (κ3) is 2.20. The van der Waals surface area contributed by atoms with Crippen LogP contribution < -0.4 is 14.8 Å². The number of allylic oxidation sites excluding steroid dienone is 2. The predicted octanol–water partition coefficient (Wildman–Crippen LogP) is 3.29. The first kappa shape index (κ1) is 15.5. The van der Waals surface area contributed by atoms with Crippen LogP contribution in [0.15, 0.2) is 52.3 Å². The van der Waals surface area contributed by atoms with E-state index in [0.29, 0.717) is 35.5 Å². The molecule has 0 spiro atoms. The van der Waals surface area contributed by atoms with E-state index < -0.39 is 0 Å². The summed E-state index contributed by atoms with van der Waals surface area (Å²) in [5.41, 5.74) is 2.57. The molecule has 1 unspecified atom stereocenters. The molecule has 0 fully saturated rings. The Balaban J connectivity index is 1.54. The average molecular weight is 376 g/mol. The van der Waals surface area contributed by atoms with Crippen molar-refractivity contribution >= 4 is 11.7 Å². The Labute approximate surface area is 159 Å². The van der Waals surface area contributed by atoms with Gasteiger partial charge in [-0.05, 0) is 42.7 Å². The van der Waals surface area contributed by atoms with Crippen LogP contribution in [0.1, 0.15) is 30.9 Å². The molecular weight excluding hydrogens is 360 g/mol. The summed E-state index contributed by atoms with van der Waals surface area (Å²) in [6.45, 7) is 0.203. The molecule has 1 N–H and O–H groups in total. The standard InChI is InChI=1S/C20H16N4O4/c25-13-4-1-3-12-17(13)18(11-6-7-14-16(9-11)28-10-27-14)24-20(21-12)22-19(23-24)15-5-2-8-26-15/h2,5-9,18H,1,3-4,10H2,(H,21,22,23). The fraction of sp³-hybridized carbons (Fsp3) is 0.250. The van der Waals surface area contributed by atoms with Crippen molar-refractivity contribution in [1.82, 2.24) is 14.8 Å². The van der Waals surface area contributed by atoms with Crippen LogP contribution in [0.3, 0.4) is 0 Å². The normalized spacial score (nSPS) is 20.0. The van der Waals surface area contributed by atoms with E-state index in [-0.39, 0.29) is 18.6 Å². The lowest BCUT2D eigenvalue weighted by Gasteiger charge is -2.32. The smallest absolute Gasteiger partial charge is 0.231 e. The molecule has 28 heavy (non-hydrogen) atoms. The van der Waals surface area contributed by atoms with E-state index in [9.17, 15) is 4.79 Å². The molecule has 0 radical (unpaired) electrons. The first-order valence-corrected chi connectivity index (χ1v) is 9.21. The Morgan fingerprint density at radius 3 is 2.96 bits per heavy atom. The van der Waals surface area contributed by atoms with E-state index in [1.165, 1.54) is 0 Å². The van der Waals surface area contributed by atoms with Gasteiger partial charge in [0.2, 0.25) is 18.6 Å². The maximum Gasteiger partial charge on any atom is 0.231 e. The summed E-state index contributed by atoms with van der Waals surface area (Å²) in [6.07, 6.45) is 3.77. The van der Waals surface area contributed by atoms with Gasteiger partial charge < -0.3 is 19.2 Å². The molecule has 2 aromatic heterocycles. The van der Waals surface area contributed by atoms with Crippen molar-refractivity contribution in [3.05, 3.63) is 53.4 Å². The van der Waals surface area contributed by atoms with Gasteiger partial charge in [-0.25, -0.2) is 4.68 Å². The lowest BCUT2D eigenvalue weighted by molar-refractivity contribution is -0.116. The molecule has 0 amide bonds. The number of carbonyl (C=O) groups excluding carboxylic acids is 1. The summed E-state index contributed by atoms with van der Waals surface area (Å²) in [6, 6.07) is 8.99. The Morgan fingerprint density at radius 1 is 1.14 bits per heavy atom. The highest BCUT2D eigenvalue weighted by Crippen LogP contribution is 2.43. The van der Waals surface area contributed by atoms with Crippen molar-refractivity contribution in [1.29, 1.82) is 0 Å². The van der Waals surface area contributed by atoms with E-state index in [1.54, 1.807) is 17.0 Å². The van der Waals surface area contributed by atoms with E-state index in [4.69, 9.17) is 13.9 Å². The second-order valence-corrected chi connectivity index (χ2v) is 6.99. The van der Waals surface area contributed by atoms with Gasteiger partial charge in [0.1, 0.15) is 6.04 Å². The molecule has 1 atom stereocenters. The summed E-state index contributed by atoms with van der Waals surface area (Å²) in [5, 5.41) is 7.98. The van der Waals surface area contributed by atoms with Gasteiger partial charge in [-0.3, -0.25) is 4.79 Å². The first-order chi connectivity index (χ1) is 13.8. The molecule has 140 valence electrons. The quantitative estimate of drug-likeness (QED) is 0.734. The molecule has 0 saturated heterocycles. The van der Waals surface area contributed by atoms with Crippen LogP contribution in [0, 0.1) is 0 Å². The van der Waals surface area contributed by atoms with Crippen molar-refractivity contribution in [2.45, 2.75) is 25.3 Å². The Bertz CT molecular complexity index is 1130. The number of anilines is 1. The molecule has 4 heterocycles. The summed E-state index contributed by atoms with van der Waals surface area (Å²) < 4.78 is 18.2. The molecule has 3 aromatic rings. The maximum absolute atomic E-state index is 12.9. The van der Waals surface area contributed by atoms with E-state index >= 15 is 0 Å². The fourth-order valence-corrected chi connectivity index (χ4v) is 4.06. The molecular formula is C20H16N4O4. The minimum atomic E-state index is -0.371. The monoisotopic (exact) mass is 376 g/mol. The van der Waals surface area contributed by atoms with Crippen molar-refractivity contribution in [2.24, 2.45) is 0 Å². The van der Waals surface area contributed by atoms with Crippen LogP contribution in [0.4, 0.5) is 5.95 Å². The number of hydrogen-bond acceptors (Lipinski definition) is 7. The van der Waals surface area contributed by atoms with Gasteiger partial charge in [0.15, 0.2) is 23.0 Å². The van der Waals surface area contributed by atoms with Gasteiger partial charge in [-0.15, -0.1) is 5.10 Å². The van der Waals surface area contributed by atoms with Crippen LogP contribution in [0.2, 0.25) is 0 Å². The first-order valence-electron chi connectivity index (χ1n) is 9.21. The topological polar surface area (TPSA) is 91.4 Å². The van der Waals surface area contributed by atoms with Gasteiger partial charge in [-0.2, -0.15) is 4.98 Å². The second-order valence-electron chi connectivity index (χ2n) is 6.99. The van der Waals surface area contributed by atoms with Crippen LogP contribution in [-0.4, -0.2) is 27.3 Å². The highest BCUT2D eigenvalue weighted by Gasteiger charge is 2.37. The molecule has 6 rings (SSSR count). The molecule has 1 aromatic carbocycles. The Kier molecular flexibility index (Phi) is 3.17. The van der Waals surface area contributed by atoms with Gasteiger partial charge in [-0.1, -0.05) is 6.07 Å². The zero-order valence-corrected chi connectivity index (χ0v) is 14.8. The summed E-state index contributed by atoms with van der Waals surface area (Å²) in [4.78, 5) is 17.5. The number of furan rings is 1. The van der Waals surface area contributed by atoms with Crippen molar-refractivity contribution in [3.8, 4) is 23.1 Å². The number of hydrogen-bond donors (Lipinski definition) is 1. The van der Waals surface area contributed by atoms with E-state index in [1.807, 2.05) is 24.3 Å². The van der Waals surface area contributed by atoms with Gasteiger partial charge in [0.05, 0.1) is 6.26 Å².